The number of piperidine rings is 1. The number of hydrogen-bond acceptors (Lipinski definition) is 7. The highest BCUT2D eigenvalue weighted by atomic mass is 32.2. The summed E-state index contributed by atoms with van der Waals surface area (Å²) in [6, 6.07) is 23.7. The fraction of sp³-hybridized carbons (Fsp3) is 0.333. The summed E-state index contributed by atoms with van der Waals surface area (Å²) in [7, 11) is 0. The molecule has 3 atom stereocenters. The van der Waals surface area contributed by atoms with Crippen LogP contribution in [0.3, 0.4) is 0 Å². The number of para-hydroxylation sites is 1. The maximum atomic E-state index is 13.3. The Morgan fingerprint density at radius 3 is 2.61 bits per heavy atom. The number of phenolic OH excluding ortho intramolecular Hbond substituents is 1. The highest BCUT2D eigenvalue weighted by Crippen LogP contribution is 2.33. The van der Waals surface area contributed by atoms with E-state index in [1.165, 1.54) is 5.56 Å². The number of anilines is 1. The minimum absolute atomic E-state index is 0.280. The molecule has 7 nitrogen and oxygen atoms in total. The van der Waals surface area contributed by atoms with Crippen molar-refractivity contribution in [3.8, 4) is 22.9 Å². The Morgan fingerprint density at radius 1 is 0.976 bits per heavy atom. The van der Waals surface area contributed by atoms with Gasteiger partial charge in [0.1, 0.15) is 17.1 Å². The molecule has 4 aromatic rings. The van der Waals surface area contributed by atoms with E-state index < -0.39 is 11.4 Å². The monoisotopic (exact) mass is 568 g/mol. The van der Waals surface area contributed by atoms with Crippen molar-refractivity contribution < 1.29 is 14.4 Å². The van der Waals surface area contributed by atoms with Gasteiger partial charge in [-0.05, 0) is 80.5 Å². The van der Waals surface area contributed by atoms with Crippen LogP contribution >= 0.6 is 0 Å². The molecule has 0 radical (unpaired) electrons. The second kappa shape index (κ2) is 12.1. The molecule has 3 aromatic carbocycles. The number of rotatable bonds is 3. The average molecular weight is 569 g/mol. The first-order chi connectivity index (χ1) is 19.9. The molecule has 2 aliphatic rings. The Bertz CT molecular complexity index is 1510. The van der Waals surface area contributed by atoms with E-state index in [0.717, 1.165) is 60.3 Å². The van der Waals surface area contributed by atoms with E-state index in [1.807, 2.05) is 48.5 Å². The molecule has 8 heteroatoms. The van der Waals surface area contributed by atoms with Crippen LogP contribution in [0, 0.1) is 25.7 Å². The van der Waals surface area contributed by atoms with Crippen LogP contribution in [-0.4, -0.2) is 44.2 Å². The zero-order valence-electron chi connectivity index (χ0n) is 23.5. The number of hydrogen-bond donors (Lipinski definition) is 2. The topological polar surface area (TPSA) is 93.6 Å². The van der Waals surface area contributed by atoms with Crippen molar-refractivity contribution in [3.63, 3.8) is 0 Å². The van der Waals surface area contributed by atoms with Gasteiger partial charge in [0.25, 0.3) is 5.95 Å². The first-order valence-electron chi connectivity index (χ1n) is 14.3. The third kappa shape index (κ3) is 6.35. The molecule has 1 saturated heterocycles. The first-order valence-corrected chi connectivity index (χ1v) is 15.4. The fourth-order valence-electron chi connectivity index (χ4n) is 6.15. The standard InChI is InChI=1S/C33H36N4O3S/c1-22-7-5-8-23(2)32(22)29-18-31-35-33(34-29)36-41(39)28-11-6-9-24(17-28)13-14-25-15-16-37(20-27(25)21-40-31)19-26-10-3-4-12-30(26)38/h3-12,17-18,25,27,38H,13-16,19-21H2,1-2H3,(H,34,35,36)/t25?,27-,41?/m1/s1. The highest BCUT2D eigenvalue weighted by Gasteiger charge is 2.31. The van der Waals surface area contributed by atoms with E-state index in [-0.39, 0.29) is 5.95 Å². The number of aryl methyl sites for hydroxylation is 3. The predicted molar refractivity (Wildman–Crippen MR) is 162 cm³/mol. The maximum Gasteiger partial charge on any atom is 0.269 e. The Hall–Kier alpha value is -3.59. The van der Waals surface area contributed by atoms with Crippen LogP contribution in [0.25, 0.3) is 11.3 Å². The first kappa shape index (κ1) is 27.6. The maximum absolute atomic E-state index is 13.3. The second-order valence-electron chi connectivity index (χ2n) is 11.2. The molecule has 3 heterocycles. The van der Waals surface area contributed by atoms with E-state index in [1.54, 1.807) is 6.07 Å². The predicted octanol–water partition coefficient (Wildman–Crippen LogP) is 6.06. The number of aromatic nitrogens is 2. The van der Waals surface area contributed by atoms with E-state index in [4.69, 9.17) is 9.72 Å². The zero-order valence-corrected chi connectivity index (χ0v) is 24.4. The Labute approximate surface area is 244 Å². The van der Waals surface area contributed by atoms with Crippen LogP contribution in [0.5, 0.6) is 11.6 Å². The summed E-state index contributed by atoms with van der Waals surface area (Å²) in [6.07, 6.45) is 3.01. The number of fused-ring (bicyclic) bond motifs is 5. The largest absolute Gasteiger partial charge is 0.588 e. The SMILES string of the molecule is Cc1cccc(C)c1-c1cc2nc(n1)N[S+]([O-])c1cccc(c1)CCC1CCN(Cc3ccccc3O)C[C@@H]1CO2. The molecule has 6 rings (SSSR count). The van der Waals surface area contributed by atoms with Crippen molar-refractivity contribution >= 4 is 17.3 Å². The number of nitrogens with one attached hydrogen (secondary N) is 1. The molecule has 212 valence electrons. The summed E-state index contributed by atoms with van der Waals surface area (Å²) in [5, 5.41) is 10.4. The molecule has 4 bridgehead atoms. The minimum atomic E-state index is -1.51. The zero-order chi connectivity index (χ0) is 28.3. The number of ether oxygens (including phenoxy) is 1. The Morgan fingerprint density at radius 2 is 1.78 bits per heavy atom. The van der Waals surface area contributed by atoms with Crippen LogP contribution < -0.4 is 9.46 Å². The minimum Gasteiger partial charge on any atom is -0.588 e. The van der Waals surface area contributed by atoms with Crippen LogP contribution in [0.4, 0.5) is 5.95 Å². The molecule has 1 fully saturated rings. The molecule has 0 amide bonds. The number of benzene rings is 3. The summed E-state index contributed by atoms with van der Waals surface area (Å²) in [5.41, 5.74) is 6.11. The van der Waals surface area contributed by atoms with E-state index in [9.17, 15) is 9.66 Å². The third-order valence-corrected chi connectivity index (χ3v) is 9.40. The average Bonchev–Trinajstić information content (AvgIpc) is 2.96. The van der Waals surface area contributed by atoms with E-state index >= 15 is 0 Å². The van der Waals surface area contributed by atoms with Crippen LogP contribution in [-0.2, 0) is 24.3 Å². The highest BCUT2D eigenvalue weighted by molar-refractivity contribution is 7.92. The molecular formula is C33H36N4O3S. The normalized spacial score (nSPS) is 21.2. The summed E-state index contributed by atoms with van der Waals surface area (Å²) in [4.78, 5) is 12.5. The van der Waals surface area contributed by atoms with Gasteiger partial charge < -0.3 is 14.4 Å². The molecule has 2 N–H and O–H groups in total. The summed E-state index contributed by atoms with van der Waals surface area (Å²) in [6.45, 7) is 7.22. The summed E-state index contributed by atoms with van der Waals surface area (Å²) >= 11 is -1.51. The van der Waals surface area contributed by atoms with Crippen molar-refractivity contribution in [3.05, 3.63) is 95.1 Å². The van der Waals surface area contributed by atoms with Crippen molar-refractivity contribution in [1.82, 2.24) is 14.9 Å². The second-order valence-corrected chi connectivity index (χ2v) is 12.4. The van der Waals surface area contributed by atoms with Crippen molar-refractivity contribution in [2.75, 3.05) is 24.4 Å². The van der Waals surface area contributed by atoms with Gasteiger partial charge in [0.2, 0.25) is 5.88 Å². The van der Waals surface area contributed by atoms with Gasteiger partial charge in [0.05, 0.1) is 12.3 Å². The molecule has 0 saturated carbocycles. The number of aromatic hydroxyl groups is 1. The number of phenols is 1. The Kier molecular flexibility index (Phi) is 8.14. The van der Waals surface area contributed by atoms with E-state index in [2.05, 4.69) is 46.7 Å². The van der Waals surface area contributed by atoms with Gasteiger partial charge in [0.15, 0.2) is 4.90 Å². The van der Waals surface area contributed by atoms with E-state index in [0.29, 0.717) is 41.5 Å². The lowest BCUT2D eigenvalue weighted by molar-refractivity contribution is 0.0704. The van der Waals surface area contributed by atoms with Gasteiger partial charge in [0, 0.05) is 36.2 Å². The number of nitrogens with zero attached hydrogens (tertiary/aromatic N) is 3. The molecule has 41 heavy (non-hydrogen) atoms. The summed E-state index contributed by atoms with van der Waals surface area (Å²) < 4.78 is 22.8. The van der Waals surface area contributed by atoms with Crippen LogP contribution in [0.2, 0.25) is 0 Å². The molecular weight excluding hydrogens is 532 g/mol. The van der Waals surface area contributed by atoms with Crippen molar-refractivity contribution in [1.29, 1.82) is 0 Å². The molecule has 0 spiro atoms. The molecule has 2 unspecified atom stereocenters. The van der Waals surface area contributed by atoms with Gasteiger partial charge in [-0.25, -0.2) is 4.98 Å². The lowest BCUT2D eigenvalue weighted by Gasteiger charge is -2.38. The lowest BCUT2D eigenvalue weighted by atomic mass is 9.82. The lowest BCUT2D eigenvalue weighted by Crippen LogP contribution is -2.42. The number of likely N-dealkylation sites (tertiary alicyclic amines) is 1. The molecule has 1 aromatic heterocycles. The summed E-state index contributed by atoms with van der Waals surface area (Å²) in [5.74, 6) is 1.87. The molecule has 2 aliphatic heterocycles. The van der Waals surface area contributed by atoms with Crippen molar-refractivity contribution in [2.24, 2.45) is 11.8 Å². The third-order valence-electron chi connectivity index (χ3n) is 8.35. The Balaban J connectivity index is 1.33. The van der Waals surface area contributed by atoms with Gasteiger partial charge in [-0.3, -0.25) is 4.90 Å². The molecule has 0 aliphatic carbocycles. The van der Waals surface area contributed by atoms with Gasteiger partial charge in [-0.15, -0.1) is 0 Å². The van der Waals surface area contributed by atoms with Crippen molar-refractivity contribution in [2.45, 2.75) is 44.6 Å². The van der Waals surface area contributed by atoms with Gasteiger partial charge in [-0.2, -0.15) is 9.71 Å². The fourth-order valence-corrected chi connectivity index (χ4v) is 6.98. The van der Waals surface area contributed by atoms with Gasteiger partial charge in [-0.1, -0.05) is 48.5 Å². The van der Waals surface area contributed by atoms with Crippen LogP contribution in [0.15, 0.2) is 77.7 Å². The quantitative estimate of drug-likeness (QED) is 0.290. The van der Waals surface area contributed by atoms with Crippen LogP contribution in [0.1, 0.15) is 35.1 Å². The van der Waals surface area contributed by atoms with Gasteiger partial charge >= 0.3 is 0 Å². The smallest absolute Gasteiger partial charge is 0.269 e.